The van der Waals surface area contributed by atoms with Gasteiger partial charge in [0.05, 0.1) is 24.0 Å². The lowest BCUT2D eigenvalue weighted by Gasteiger charge is -2.10. The number of nitrogens with zero attached hydrogens (tertiary/aromatic N) is 4. The van der Waals surface area contributed by atoms with Gasteiger partial charge in [-0.15, -0.1) is 10.2 Å². The van der Waals surface area contributed by atoms with Gasteiger partial charge < -0.3 is 19.1 Å². The van der Waals surface area contributed by atoms with Gasteiger partial charge in [0.1, 0.15) is 16.4 Å². The average Bonchev–Trinajstić information content (AvgIpc) is 3.36. The molecule has 0 bridgehead atoms. The van der Waals surface area contributed by atoms with E-state index in [2.05, 4.69) is 10.2 Å². The molecule has 0 fully saturated rings. The number of hydrogen-bond acceptors (Lipinski definition) is 9. The summed E-state index contributed by atoms with van der Waals surface area (Å²) in [6.45, 7) is 2.36. The first-order valence-electron chi connectivity index (χ1n) is 11.6. The van der Waals surface area contributed by atoms with Crippen LogP contribution in [0.25, 0.3) is 17.5 Å². The summed E-state index contributed by atoms with van der Waals surface area (Å²) in [6, 6.07) is 19.3. The van der Waals surface area contributed by atoms with Gasteiger partial charge in [-0.25, -0.2) is 4.79 Å². The summed E-state index contributed by atoms with van der Waals surface area (Å²) in [7, 11) is 3.09. The Bertz CT molecular complexity index is 1520. The molecular formula is C27H24N4O6S2. The third kappa shape index (κ3) is 6.59. The molecule has 3 aromatic carbocycles. The third-order valence-corrected chi connectivity index (χ3v) is 7.57. The molecule has 10 nitrogen and oxygen atoms in total. The molecule has 0 amide bonds. The molecule has 0 saturated carbocycles. The second-order valence-corrected chi connectivity index (χ2v) is 10.1. The molecule has 0 atom stereocenters. The summed E-state index contributed by atoms with van der Waals surface area (Å²) < 4.78 is 12.5. The maximum absolute atomic E-state index is 12.2. The Kier molecular flexibility index (Phi) is 8.89. The summed E-state index contributed by atoms with van der Waals surface area (Å²) in [4.78, 5) is 24.7. The Balaban J connectivity index is 1.67. The Morgan fingerprint density at radius 2 is 1.74 bits per heavy atom. The summed E-state index contributed by atoms with van der Waals surface area (Å²) in [6.07, 6.45) is 1.39. The van der Waals surface area contributed by atoms with Gasteiger partial charge >= 0.3 is 5.97 Å². The molecule has 4 aromatic rings. The van der Waals surface area contributed by atoms with Crippen LogP contribution < -0.4 is 9.47 Å². The van der Waals surface area contributed by atoms with E-state index in [-0.39, 0.29) is 10.6 Å². The monoisotopic (exact) mass is 564 g/mol. The van der Waals surface area contributed by atoms with E-state index in [9.17, 15) is 20.0 Å². The first-order chi connectivity index (χ1) is 18.8. The molecular weight excluding hydrogens is 540 g/mol. The predicted molar refractivity (Wildman–Crippen MR) is 149 cm³/mol. The summed E-state index contributed by atoms with van der Waals surface area (Å²) >= 11 is 2.18. The molecule has 200 valence electrons. The number of nitro benzene ring substituents is 1. The maximum Gasteiger partial charge on any atom is 0.342 e. The number of thioether (sulfide) groups is 1. The van der Waals surface area contributed by atoms with Gasteiger partial charge in [-0.3, -0.25) is 10.1 Å². The normalized spacial score (nSPS) is 11.3. The Hall–Kier alpha value is -4.29. The minimum Gasteiger partial charge on any atom is -0.497 e. The zero-order valence-electron chi connectivity index (χ0n) is 21.2. The number of ether oxygens (including phenoxy) is 2. The van der Waals surface area contributed by atoms with Crippen LogP contribution in [-0.2, 0) is 11.3 Å². The molecule has 0 radical (unpaired) electrons. The molecule has 39 heavy (non-hydrogen) atoms. The molecule has 0 aliphatic carbocycles. The molecule has 0 unspecified atom stereocenters. The van der Waals surface area contributed by atoms with Crippen molar-refractivity contribution < 1.29 is 24.3 Å². The van der Waals surface area contributed by atoms with E-state index < -0.39 is 10.9 Å². The van der Waals surface area contributed by atoms with E-state index in [0.717, 1.165) is 16.7 Å². The number of aromatic nitrogens is 3. The first-order valence-corrected chi connectivity index (χ1v) is 13.3. The van der Waals surface area contributed by atoms with Crippen LogP contribution in [0.3, 0.4) is 0 Å². The highest BCUT2D eigenvalue weighted by atomic mass is 32.2. The molecule has 1 heterocycles. The van der Waals surface area contributed by atoms with Gasteiger partial charge in [0.15, 0.2) is 11.0 Å². The average molecular weight is 565 g/mol. The number of carbonyl (C=O) groups is 1. The molecule has 0 spiro atoms. The van der Waals surface area contributed by atoms with E-state index in [1.54, 1.807) is 49.1 Å². The van der Waals surface area contributed by atoms with E-state index in [0.29, 0.717) is 45.0 Å². The first kappa shape index (κ1) is 27.7. The minimum absolute atomic E-state index is 0.0652. The predicted octanol–water partition coefficient (Wildman–Crippen LogP) is 6.26. The van der Waals surface area contributed by atoms with Crippen molar-refractivity contribution in [1.82, 2.24) is 14.8 Å². The van der Waals surface area contributed by atoms with Crippen LogP contribution in [-0.4, -0.2) is 45.0 Å². The lowest BCUT2D eigenvalue weighted by Crippen LogP contribution is -2.03. The highest BCUT2D eigenvalue weighted by molar-refractivity contribution is 8.04. The van der Waals surface area contributed by atoms with Crippen molar-refractivity contribution in [3.63, 3.8) is 0 Å². The number of hydrogen-bond donors (Lipinski definition) is 1. The number of aliphatic carboxylic acids is 1. The minimum atomic E-state index is -1.19. The second-order valence-electron chi connectivity index (χ2n) is 7.97. The van der Waals surface area contributed by atoms with Crippen LogP contribution in [0.2, 0.25) is 0 Å². The van der Waals surface area contributed by atoms with Gasteiger partial charge in [0, 0.05) is 29.1 Å². The van der Waals surface area contributed by atoms with Crippen molar-refractivity contribution in [1.29, 1.82) is 0 Å². The fourth-order valence-electron chi connectivity index (χ4n) is 3.65. The van der Waals surface area contributed by atoms with Crippen molar-refractivity contribution in [3.05, 3.63) is 87.3 Å². The molecule has 1 aromatic heterocycles. The quantitative estimate of drug-likeness (QED) is 0.0964. The lowest BCUT2D eigenvalue weighted by atomic mass is 10.2. The van der Waals surface area contributed by atoms with E-state index in [1.807, 2.05) is 37.3 Å². The van der Waals surface area contributed by atoms with Crippen molar-refractivity contribution in [2.75, 3.05) is 14.2 Å². The van der Waals surface area contributed by atoms with Crippen molar-refractivity contribution in [3.8, 4) is 22.9 Å². The molecule has 0 saturated heterocycles. The maximum atomic E-state index is 12.2. The van der Waals surface area contributed by atoms with Crippen LogP contribution >= 0.6 is 23.5 Å². The van der Waals surface area contributed by atoms with Gasteiger partial charge in [0.2, 0.25) is 0 Å². The number of benzene rings is 3. The Morgan fingerprint density at radius 1 is 1.05 bits per heavy atom. The highest BCUT2D eigenvalue weighted by Gasteiger charge is 2.21. The largest absolute Gasteiger partial charge is 0.497 e. The third-order valence-electron chi connectivity index (χ3n) is 5.50. The second kappa shape index (κ2) is 12.5. The van der Waals surface area contributed by atoms with Crippen LogP contribution in [0.15, 0.2) is 86.6 Å². The fraction of sp³-hybridized carbons (Fsp3) is 0.148. The SMILES string of the molecule is CCn1c(S/C(=C/c2ccc(Sc3ccccc3)c([N+](=O)[O-])c2)C(=O)O)nnc1-c1cc(OC)cc(OC)c1. The molecule has 4 rings (SSSR count). The van der Waals surface area contributed by atoms with Gasteiger partial charge in [0.25, 0.3) is 5.69 Å². The Labute approximate surface area is 232 Å². The fourth-order valence-corrected chi connectivity index (χ4v) is 5.46. The van der Waals surface area contributed by atoms with Gasteiger partial charge in [-0.1, -0.05) is 36.0 Å². The van der Waals surface area contributed by atoms with Crippen LogP contribution in [0.5, 0.6) is 11.5 Å². The zero-order chi connectivity index (χ0) is 27.9. The van der Waals surface area contributed by atoms with Gasteiger partial charge in [-0.2, -0.15) is 0 Å². The van der Waals surface area contributed by atoms with E-state index >= 15 is 0 Å². The van der Waals surface area contributed by atoms with Crippen molar-refractivity contribution in [2.24, 2.45) is 0 Å². The topological polar surface area (TPSA) is 130 Å². The molecule has 12 heteroatoms. The standard InChI is InChI=1S/C27H24N4O6S2/c1-4-30-25(18-14-19(36-2)16-20(15-18)37-3)28-29-27(30)39-24(26(32)33)13-17-10-11-23(22(12-17)31(34)35)38-21-8-6-5-7-9-21/h5-16H,4H2,1-3H3,(H,32,33)/b24-13+. The number of nitro groups is 1. The van der Waals surface area contributed by atoms with Crippen LogP contribution in [0.4, 0.5) is 5.69 Å². The summed E-state index contributed by atoms with van der Waals surface area (Å²) in [5.74, 6) is 0.470. The van der Waals surface area contributed by atoms with Crippen molar-refractivity contribution in [2.45, 2.75) is 28.4 Å². The van der Waals surface area contributed by atoms with Crippen molar-refractivity contribution >= 4 is 41.3 Å². The number of methoxy groups -OCH3 is 2. The van der Waals surface area contributed by atoms with Gasteiger partial charge in [-0.05, 0) is 60.7 Å². The van der Waals surface area contributed by atoms with Crippen LogP contribution in [0.1, 0.15) is 12.5 Å². The number of rotatable bonds is 11. The Morgan fingerprint density at radius 3 is 2.33 bits per heavy atom. The molecule has 1 N–H and O–H groups in total. The van der Waals surface area contributed by atoms with E-state index in [4.69, 9.17) is 9.47 Å². The smallest absolute Gasteiger partial charge is 0.342 e. The lowest BCUT2D eigenvalue weighted by molar-refractivity contribution is -0.387. The highest BCUT2D eigenvalue weighted by Crippen LogP contribution is 2.37. The van der Waals surface area contributed by atoms with Crippen LogP contribution in [0, 0.1) is 10.1 Å². The molecule has 0 aliphatic heterocycles. The number of carboxylic acids is 1. The summed E-state index contributed by atoms with van der Waals surface area (Å²) in [5.41, 5.74) is 0.957. The summed E-state index contributed by atoms with van der Waals surface area (Å²) in [5, 5.41) is 30.6. The number of carboxylic acid groups (broad SMARTS) is 1. The zero-order valence-corrected chi connectivity index (χ0v) is 22.9. The van der Waals surface area contributed by atoms with E-state index in [1.165, 1.54) is 23.9 Å². The molecule has 0 aliphatic rings.